The lowest BCUT2D eigenvalue weighted by atomic mass is 10.1. The van der Waals surface area contributed by atoms with E-state index in [2.05, 4.69) is 15.0 Å². The van der Waals surface area contributed by atoms with Gasteiger partial charge in [-0.05, 0) is 56.0 Å². The van der Waals surface area contributed by atoms with Crippen LogP contribution in [0.4, 0.5) is 5.69 Å². The Hall–Kier alpha value is -3.32. The predicted octanol–water partition coefficient (Wildman–Crippen LogP) is 3.46. The maximum Gasteiger partial charge on any atom is 0.247 e. The predicted molar refractivity (Wildman–Crippen MR) is 155 cm³/mol. The molecule has 3 aromatic rings. The molecule has 0 saturated carbocycles. The van der Waals surface area contributed by atoms with E-state index >= 15 is 0 Å². The van der Waals surface area contributed by atoms with Crippen molar-refractivity contribution in [2.24, 2.45) is 0 Å². The number of halogens is 1. The fourth-order valence-electron chi connectivity index (χ4n) is 4.98. The lowest BCUT2D eigenvalue weighted by molar-refractivity contribution is -0.144. The number of carbonyl (C=O) groups is 3. The lowest BCUT2D eigenvalue weighted by Gasteiger charge is -2.33. The summed E-state index contributed by atoms with van der Waals surface area (Å²) in [7, 11) is -3.90. The summed E-state index contributed by atoms with van der Waals surface area (Å²) >= 11 is 7.12. The molecule has 3 amide bonds. The molecule has 0 bridgehead atoms. The zero-order valence-electron chi connectivity index (χ0n) is 21.5. The SMILES string of the molecule is O=C(Nc1cnc2ccccc2c1)[C@@H]1CCCN1C(=O)CN1CCC[C@H](NS(=O)(=O)/C=C/c2ccc(Cl)s2)C1=O. The number of nitrogens with one attached hydrogen (secondary N) is 2. The number of hydrogen-bond acceptors (Lipinski definition) is 7. The average molecular weight is 602 g/mol. The molecule has 2 aliphatic heterocycles. The van der Waals surface area contributed by atoms with E-state index in [4.69, 9.17) is 11.6 Å². The first-order valence-electron chi connectivity index (χ1n) is 12.9. The number of piperidine rings is 1. The van der Waals surface area contributed by atoms with Gasteiger partial charge < -0.3 is 15.1 Å². The number of likely N-dealkylation sites (tertiary alicyclic amines) is 2. The molecule has 2 N–H and O–H groups in total. The smallest absolute Gasteiger partial charge is 0.247 e. The number of carbonyl (C=O) groups excluding carboxylic acids is 3. The Labute approximate surface area is 241 Å². The van der Waals surface area contributed by atoms with E-state index in [1.807, 2.05) is 30.3 Å². The Morgan fingerprint density at radius 1 is 1.12 bits per heavy atom. The normalized spacial score (nSPS) is 20.0. The molecule has 0 aliphatic carbocycles. The molecule has 2 atom stereocenters. The molecule has 1 aromatic carbocycles. The molecule has 4 heterocycles. The minimum atomic E-state index is -3.90. The molecule has 13 heteroatoms. The molecule has 10 nitrogen and oxygen atoms in total. The molecule has 5 rings (SSSR count). The summed E-state index contributed by atoms with van der Waals surface area (Å²) in [5, 5.41) is 4.76. The van der Waals surface area contributed by atoms with Gasteiger partial charge in [-0.25, -0.2) is 8.42 Å². The van der Waals surface area contributed by atoms with Crippen molar-refractivity contribution in [2.45, 2.75) is 37.8 Å². The van der Waals surface area contributed by atoms with Gasteiger partial charge in [0, 0.05) is 28.8 Å². The molecular weight excluding hydrogens is 574 g/mol. The largest absolute Gasteiger partial charge is 0.332 e. The van der Waals surface area contributed by atoms with Gasteiger partial charge in [-0.3, -0.25) is 19.4 Å². The van der Waals surface area contributed by atoms with Crippen molar-refractivity contribution in [3.05, 3.63) is 63.3 Å². The Balaban J connectivity index is 1.19. The van der Waals surface area contributed by atoms with Crippen molar-refractivity contribution in [1.82, 2.24) is 19.5 Å². The number of rotatable bonds is 8. The summed E-state index contributed by atoms with van der Waals surface area (Å²) in [5.41, 5.74) is 1.36. The van der Waals surface area contributed by atoms with Gasteiger partial charge >= 0.3 is 0 Å². The lowest BCUT2D eigenvalue weighted by Crippen LogP contribution is -2.55. The van der Waals surface area contributed by atoms with E-state index in [1.54, 1.807) is 18.3 Å². The third-order valence-electron chi connectivity index (χ3n) is 6.90. The molecular formula is C27H28ClN5O5S2. The minimum Gasteiger partial charge on any atom is -0.332 e. The highest BCUT2D eigenvalue weighted by atomic mass is 35.5. The highest BCUT2D eigenvalue weighted by Crippen LogP contribution is 2.24. The molecule has 0 unspecified atom stereocenters. The number of hydrogen-bond donors (Lipinski definition) is 2. The van der Waals surface area contributed by atoms with Crippen LogP contribution in [0.15, 0.2) is 54.1 Å². The van der Waals surface area contributed by atoms with Crippen LogP contribution in [-0.4, -0.2) is 72.6 Å². The van der Waals surface area contributed by atoms with Crippen molar-refractivity contribution in [3.8, 4) is 0 Å². The first-order valence-corrected chi connectivity index (χ1v) is 15.6. The van der Waals surface area contributed by atoms with E-state index in [0.29, 0.717) is 53.7 Å². The van der Waals surface area contributed by atoms with E-state index < -0.39 is 28.0 Å². The van der Waals surface area contributed by atoms with E-state index in [9.17, 15) is 22.8 Å². The van der Waals surface area contributed by atoms with Crippen LogP contribution in [0, 0.1) is 0 Å². The van der Waals surface area contributed by atoms with E-state index in [1.165, 1.54) is 27.2 Å². The second-order valence-corrected chi connectivity index (χ2v) is 13.1. The third kappa shape index (κ3) is 6.69. The summed E-state index contributed by atoms with van der Waals surface area (Å²) in [6.45, 7) is 0.518. The second kappa shape index (κ2) is 12.0. The van der Waals surface area contributed by atoms with Crippen molar-refractivity contribution < 1.29 is 22.8 Å². The van der Waals surface area contributed by atoms with Crippen molar-refractivity contribution >= 4 is 73.3 Å². The number of amides is 3. The quantitative estimate of drug-likeness (QED) is 0.407. The van der Waals surface area contributed by atoms with Crippen LogP contribution in [0.25, 0.3) is 17.0 Å². The molecule has 210 valence electrons. The number of pyridine rings is 1. The van der Waals surface area contributed by atoms with Gasteiger partial charge in [0.2, 0.25) is 27.7 Å². The van der Waals surface area contributed by atoms with E-state index in [-0.39, 0.29) is 18.4 Å². The number of aromatic nitrogens is 1. The fourth-order valence-corrected chi connectivity index (χ4v) is 7.04. The van der Waals surface area contributed by atoms with Gasteiger partial charge in [0.25, 0.3) is 0 Å². The van der Waals surface area contributed by atoms with Crippen LogP contribution in [0.1, 0.15) is 30.6 Å². The first-order chi connectivity index (χ1) is 19.2. The molecule has 40 heavy (non-hydrogen) atoms. The summed E-state index contributed by atoms with van der Waals surface area (Å²) in [5.74, 6) is -1.11. The Morgan fingerprint density at radius 2 is 1.93 bits per heavy atom. The number of benzene rings is 1. The van der Waals surface area contributed by atoms with Gasteiger partial charge in [-0.1, -0.05) is 29.8 Å². The summed E-state index contributed by atoms with van der Waals surface area (Å²) < 4.78 is 28.1. The second-order valence-electron chi connectivity index (χ2n) is 9.71. The van der Waals surface area contributed by atoms with Gasteiger partial charge in [0.05, 0.1) is 28.3 Å². The Kier molecular flexibility index (Phi) is 8.50. The number of para-hydroxylation sites is 1. The minimum absolute atomic E-state index is 0.220. The van der Waals surface area contributed by atoms with Gasteiger partial charge in [-0.2, -0.15) is 4.72 Å². The van der Waals surface area contributed by atoms with Gasteiger partial charge in [0.15, 0.2) is 0 Å². The topological polar surface area (TPSA) is 129 Å². The van der Waals surface area contributed by atoms with Crippen LogP contribution in [0.5, 0.6) is 0 Å². The zero-order chi connectivity index (χ0) is 28.3. The van der Waals surface area contributed by atoms with E-state index in [0.717, 1.165) is 16.3 Å². The molecule has 2 aliphatic rings. The number of fused-ring (bicyclic) bond motifs is 1. The Bertz CT molecular complexity index is 1570. The van der Waals surface area contributed by atoms with Crippen molar-refractivity contribution in [1.29, 1.82) is 0 Å². The number of anilines is 1. The summed E-state index contributed by atoms with van der Waals surface area (Å²) in [4.78, 5) is 47.3. The van der Waals surface area contributed by atoms with Gasteiger partial charge in [0.1, 0.15) is 12.1 Å². The maximum absolute atomic E-state index is 13.2. The van der Waals surface area contributed by atoms with Crippen LogP contribution >= 0.6 is 22.9 Å². The number of thiophene rings is 1. The molecule has 2 saturated heterocycles. The summed E-state index contributed by atoms with van der Waals surface area (Å²) in [6, 6.07) is 11.1. The molecule has 2 fully saturated rings. The standard InChI is InChI=1S/C27H28ClN5O5S2/c28-24-10-9-20(39-24)11-14-40(37,38)31-22-7-3-12-32(27(22)36)17-25(34)33-13-4-8-23(33)26(35)30-19-15-18-5-1-2-6-21(18)29-16-19/h1-2,5-6,9-11,14-16,22-23,31H,3-4,7-8,12-13,17H2,(H,30,35)/b14-11+/t22-,23-/m0/s1. The fraction of sp³-hybridized carbons (Fsp3) is 0.333. The van der Waals surface area contributed by atoms with Crippen molar-refractivity contribution in [3.63, 3.8) is 0 Å². The first kappa shape index (κ1) is 28.2. The van der Waals surface area contributed by atoms with Crippen LogP contribution in [-0.2, 0) is 24.4 Å². The summed E-state index contributed by atoms with van der Waals surface area (Å²) in [6.07, 6.45) is 5.04. The van der Waals surface area contributed by atoms with Crippen LogP contribution < -0.4 is 10.0 Å². The van der Waals surface area contributed by atoms with Crippen LogP contribution in [0.2, 0.25) is 4.34 Å². The number of sulfonamides is 1. The third-order valence-corrected chi connectivity index (χ3v) is 9.21. The highest BCUT2D eigenvalue weighted by Gasteiger charge is 2.37. The van der Waals surface area contributed by atoms with Gasteiger partial charge in [-0.15, -0.1) is 11.3 Å². The highest BCUT2D eigenvalue weighted by molar-refractivity contribution is 7.92. The van der Waals surface area contributed by atoms with Crippen LogP contribution in [0.3, 0.4) is 0 Å². The average Bonchev–Trinajstić information content (AvgIpc) is 3.59. The molecule has 0 radical (unpaired) electrons. The Morgan fingerprint density at radius 3 is 2.73 bits per heavy atom. The number of nitrogens with zero attached hydrogens (tertiary/aromatic N) is 3. The monoisotopic (exact) mass is 601 g/mol. The van der Waals surface area contributed by atoms with Crippen molar-refractivity contribution in [2.75, 3.05) is 25.0 Å². The molecule has 2 aromatic heterocycles. The molecule has 0 spiro atoms. The zero-order valence-corrected chi connectivity index (χ0v) is 23.8. The maximum atomic E-state index is 13.2.